The molecule has 0 aromatic carbocycles. The number of aliphatic hydroxyl groups excluding tert-OH is 1. The van der Waals surface area contributed by atoms with Gasteiger partial charge < -0.3 is 9.63 Å². The number of aliphatic hydroxyl groups is 1. The van der Waals surface area contributed by atoms with Gasteiger partial charge in [-0.05, 0) is 57.0 Å². The lowest BCUT2D eigenvalue weighted by Gasteiger charge is -2.40. The highest BCUT2D eigenvalue weighted by atomic mass is 16.5. The van der Waals surface area contributed by atoms with Crippen LogP contribution in [0.1, 0.15) is 56.0 Å². The highest BCUT2D eigenvalue weighted by Gasteiger charge is 2.33. The topological polar surface area (TPSA) is 49.5 Å². The Hall–Kier alpha value is -0.870. The molecular formula is C16H26N2O2. The summed E-state index contributed by atoms with van der Waals surface area (Å²) in [7, 11) is 0. The molecule has 2 heterocycles. The van der Waals surface area contributed by atoms with Gasteiger partial charge in [0.25, 0.3) is 0 Å². The third-order valence-corrected chi connectivity index (χ3v) is 5.41. The van der Waals surface area contributed by atoms with Gasteiger partial charge in [0, 0.05) is 25.1 Å². The smallest absolute Gasteiger partial charge is 0.140 e. The van der Waals surface area contributed by atoms with E-state index in [0.717, 1.165) is 63.2 Å². The average molecular weight is 278 g/mol. The van der Waals surface area contributed by atoms with Crippen LogP contribution in [0.2, 0.25) is 0 Å². The number of aromatic nitrogens is 1. The Labute approximate surface area is 121 Å². The number of hydrogen-bond acceptors (Lipinski definition) is 4. The van der Waals surface area contributed by atoms with Crippen molar-refractivity contribution in [1.82, 2.24) is 10.1 Å². The second-order valence-corrected chi connectivity index (χ2v) is 6.53. The van der Waals surface area contributed by atoms with E-state index in [0.29, 0.717) is 6.61 Å². The standard InChI is InChI=1S/C16H26N2O2/c1-2-16(12-19)7-9-18(10-8-16)11-14-13-5-3-4-6-15(13)20-17-14/h19H,2-12H2,1H3. The van der Waals surface area contributed by atoms with E-state index >= 15 is 0 Å². The van der Waals surface area contributed by atoms with Crippen molar-refractivity contribution in [2.24, 2.45) is 5.41 Å². The Kier molecular flexibility index (Phi) is 4.13. The number of rotatable bonds is 4. The molecule has 0 amide bonds. The Morgan fingerprint density at radius 2 is 2.00 bits per heavy atom. The molecule has 1 aliphatic heterocycles. The zero-order valence-electron chi connectivity index (χ0n) is 12.5. The molecule has 1 aliphatic carbocycles. The number of piperidine rings is 1. The fraction of sp³-hybridized carbons (Fsp3) is 0.812. The maximum absolute atomic E-state index is 9.60. The van der Waals surface area contributed by atoms with Crippen LogP contribution in [0.15, 0.2) is 4.52 Å². The van der Waals surface area contributed by atoms with Crippen molar-refractivity contribution in [3.63, 3.8) is 0 Å². The summed E-state index contributed by atoms with van der Waals surface area (Å²) in [5.74, 6) is 1.13. The molecule has 0 unspecified atom stereocenters. The van der Waals surface area contributed by atoms with Crippen molar-refractivity contribution in [3.05, 3.63) is 17.0 Å². The molecule has 0 atom stereocenters. The Balaban J connectivity index is 1.61. The van der Waals surface area contributed by atoms with Crippen LogP contribution in [-0.4, -0.2) is 34.9 Å². The fourth-order valence-corrected chi connectivity index (χ4v) is 3.59. The number of nitrogens with zero attached hydrogens (tertiary/aromatic N) is 2. The van der Waals surface area contributed by atoms with Crippen LogP contribution in [-0.2, 0) is 19.4 Å². The maximum Gasteiger partial charge on any atom is 0.140 e. The minimum Gasteiger partial charge on any atom is -0.396 e. The fourth-order valence-electron chi connectivity index (χ4n) is 3.59. The van der Waals surface area contributed by atoms with Gasteiger partial charge in [0.1, 0.15) is 11.5 Å². The van der Waals surface area contributed by atoms with Crippen LogP contribution in [0.5, 0.6) is 0 Å². The van der Waals surface area contributed by atoms with Crippen LogP contribution < -0.4 is 0 Å². The summed E-state index contributed by atoms with van der Waals surface area (Å²) >= 11 is 0. The molecule has 1 N–H and O–H groups in total. The van der Waals surface area contributed by atoms with Gasteiger partial charge >= 0.3 is 0 Å². The van der Waals surface area contributed by atoms with E-state index in [1.165, 1.54) is 18.4 Å². The van der Waals surface area contributed by atoms with Crippen molar-refractivity contribution in [3.8, 4) is 0 Å². The predicted octanol–water partition coefficient (Wildman–Crippen LogP) is 2.54. The van der Waals surface area contributed by atoms with Crippen LogP contribution in [0.4, 0.5) is 0 Å². The summed E-state index contributed by atoms with van der Waals surface area (Å²) in [4.78, 5) is 2.47. The minimum absolute atomic E-state index is 0.166. The molecule has 1 aromatic heterocycles. The van der Waals surface area contributed by atoms with Crippen molar-refractivity contribution in [2.45, 2.75) is 58.4 Å². The molecule has 0 radical (unpaired) electrons. The van der Waals surface area contributed by atoms with Gasteiger partial charge in [0.2, 0.25) is 0 Å². The van der Waals surface area contributed by atoms with Crippen LogP contribution in [0.25, 0.3) is 0 Å². The molecular weight excluding hydrogens is 252 g/mol. The summed E-state index contributed by atoms with van der Waals surface area (Å²) in [6.07, 6.45) is 7.98. The molecule has 112 valence electrons. The zero-order valence-corrected chi connectivity index (χ0v) is 12.5. The van der Waals surface area contributed by atoms with E-state index in [9.17, 15) is 5.11 Å². The monoisotopic (exact) mass is 278 g/mol. The highest BCUT2D eigenvalue weighted by molar-refractivity contribution is 5.25. The number of fused-ring (bicyclic) bond motifs is 1. The molecule has 20 heavy (non-hydrogen) atoms. The van der Waals surface area contributed by atoms with Gasteiger partial charge in [-0.1, -0.05) is 12.1 Å². The third-order valence-electron chi connectivity index (χ3n) is 5.41. The molecule has 1 fully saturated rings. The van der Waals surface area contributed by atoms with Crippen molar-refractivity contribution in [1.29, 1.82) is 0 Å². The normalized spacial score (nSPS) is 22.7. The molecule has 1 saturated heterocycles. The second-order valence-electron chi connectivity index (χ2n) is 6.53. The maximum atomic E-state index is 9.60. The van der Waals surface area contributed by atoms with E-state index in [1.807, 2.05) is 0 Å². The lowest BCUT2D eigenvalue weighted by atomic mass is 9.77. The van der Waals surface area contributed by atoms with Crippen LogP contribution in [0, 0.1) is 5.41 Å². The minimum atomic E-state index is 0.166. The van der Waals surface area contributed by atoms with E-state index in [4.69, 9.17) is 4.52 Å². The highest BCUT2D eigenvalue weighted by Crippen LogP contribution is 2.35. The molecule has 1 aromatic rings. The Bertz CT molecular complexity index is 441. The number of aryl methyl sites for hydroxylation is 1. The summed E-state index contributed by atoms with van der Waals surface area (Å²) in [6, 6.07) is 0. The molecule has 4 nitrogen and oxygen atoms in total. The van der Waals surface area contributed by atoms with Gasteiger partial charge in [-0.2, -0.15) is 0 Å². The quantitative estimate of drug-likeness (QED) is 0.919. The molecule has 3 rings (SSSR count). The van der Waals surface area contributed by atoms with Gasteiger partial charge in [-0.3, -0.25) is 4.90 Å². The lowest BCUT2D eigenvalue weighted by molar-refractivity contribution is 0.0374. The lowest BCUT2D eigenvalue weighted by Crippen LogP contribution is -2.41. The number of hydrogen-bond donors (Lipinski definition) is 1. The molecule has 2 aliphatic rings. The molecule has 4 heteroatoms. The van der Waals surface area contributed by atoms with E-state index in [1.54, 1.807) is 0 Å². The van der Waals surface area contributed by atoms with E-state index in [-0.39, 0.29) is 5.41 Å². The summed E-state index contributed by atoms with van der Waals surface area (Å²) in [5.41, 5.74) is 2.71. The van der Waals surface area contributed by atoms with Gasteiger partial charge in [-0.25, -0.2) is 0 Å². The number of likely N-dealkylation sites (tertiary alicyclic amines) is 1. The van der Waals surface area contributed by atoms with E-state index < -0.39 is 0 Å². The SMILES string of the molecule is CCC1(CO)CCN(Cc2noc3c2CCCC3)CC1. The largest absolute Gasteiger partial charge is 0.396 e. The molecule has 0 bridgehead atoms. The molecule has 0 spiro atoms. The van der Waals surface area contributed by atoms with Crippen molar-refractivity contribution < 1.29 is 9.63 Å². The first-order chi connectivity index (χ1) is 9.76. The van der Waals surface area contributed by atoms with Crippen LogP contribution in [0.3, 0.4) is 0 Å². The third kappa shape index (κ3) is 2.63. The van der Waals surface area contributed by atoms with Crippen LogP contribution >= 0.6 is 0 Å². The Morgan fingerprint density at radius 3 is 2.70 bits per heavy atom. The summed E-state index contributed by atoms with van der Waals surface area (Å²) in [6.45, 7) is 5.58. The van der Waals surface area contributed by atoms with Gasteiger partial charge in [-0.15, -0.1) is 0 Å². The first-order valence-corrected chi connectivity index (χ1v) is 8.06. The average Bonchev–Trinajstić information content (AvgIpc) is 2.92. The van der Waals surface area contributed by atoms with Gasteiger partial charge in [0.05, 0.1) is 0 Å². The van der Waals surface area contributed by atoms with E-state index in [2.05, 4.69) is 17.0 Å². The first kappa shape index (κ1) is 14.1. The summed E-state index contributed by atoms with van der Waals surface area (Å²) < 4.78 is 5.50. The van der Waals surface area contributed by atoms with Crippen molar-refractivity contribution in [2.75, 3.05) is 19.7 Å². The molecule has 0 saturated carbocycles. The zero-order chi connectivity index (χ0) is 14.0. The second kappa shape index (κ2) is 5.86. The van der Waals surface area contributed by atoms with Crippen molar-refractivity contribution >= 4 is 0 Å². The Morgan fingerprint density at radius 1 is 1.25 bits per heavy atom. The summed E-state index contributed by atoms with van der Waals surface area (Å²) in [5, 5.41) is 13.9. The predicted molar refractivity (Wildman–Crippen MR) is 77.5 cm³/mol. The van der Waals surface area contributed by atoms with Gasteiger partial charge in [0.15, 0.2) is 0 Å². The first-order valence-electron chi connectivity index (χ1n) is 8.06.